The van der Waals surface area contributed by atoms with Crippen molar-refractivity contribution in [1.82, 2.24) is 0 Å². The molecule has 0 aliphatic heterocycles. The second kappa shape index (κ2) is 4.88. The van der Waals surface area contributed by atoms with Gasteiger partial charge in [-0.1, -0.05) is 17.7 Å². The standard InChI is InChI=1S/C13H15ClO2/c14-12-8-9(3-1-6-13(15)16)7-10-4-2-5-11(10)12/h7-8H,1-6H2,(H,15,16). The van der Waals surface area contributed by atoms with E-state index in [9.17, 15) is 4.79 Å². The molecule has 1 N–H and O–H groups in total. The highest BCUT2D eigenvalue weighted by Gasteiger charge is 2.15. The zero-order valence-electron chi connectivity index (χ0n) is 9.13. The van der Waals surface area contributed by atoms with Crippen LogP contribution in [-0.4, -0.2) is 11.1 Å². The number of aliphatic carboxylic acids is 1. The Kier molecular flexibility index (Phi) is 3.49. The molecular formula is C13H15ClO2. The van der Waals surface area contributed by atoms with Gasteiger partial charge in [-0.25, -0.2) is 0 Å². The van der Waals surface area contributed by atoms with Gasteiger partial charge in [0.2, 0.25) is 0 Å². The van der Waals surface area contributed by atoms with Crippen molar-refractivity contribution in [3.05, 3.63) is 33.8 Å². The van der Waals surface area contributed by atoms with Gasteiger partial charge in [-0.2, -0.15) is 0 Å². The molecule has 0 heterocycles. The number of benzene rings is 1. The van der Waals surface area contributed by atoms with Gasteiger partial charge >= 0.3 is 5.97 Å². The number of halogens is 1. The lowest BCUT2D eigenvalue weighted by Gasteiger charge is -2.06. The topological polar surface area (TPSA) is 37.3 Å². The van der Waals surface area contributed by atoms with Crippen LogP contribution in [0.3, 0.4) is 0 Å². The molecule has 86 valence electrons. The van der Waals surface area contributed by atoms with Gasteiger partial charge in [-0.05, 0) is 54.9 Å². The third-order valence-corrected chi connectivity index (χ3v) is 3.41. The van der Waals surface area contributed by atoms with Crippen molar-refractivity contribution in [1.29, 1.82) is 0 Å². The lowest BCUT2D eigenvalue weighted by molar-refractivity contribution is -0.137. The normalized spacial score (nSPS) is 13.8. The average molecular weight is 239 g/mol. The first-order valence-electron chi connectivity index (χ1n) is 5.69. The van der Waals surface area contributed by atoms with Crippen molar-refractivity contribution in [2.24, 2.45) is 0 Å². The summed E-state index contributed by atoms with van der Waals surface area (Å²) in [5.74, 6) is -0.729. The molecule has 0 bridgehead atoms. The van der Waals surface area contributed by atoms with E-state index < -0.39 is 5.97 Å². The van der Waals surface area contributed by atoms with Gasteiger partial charge in [0.1, 0.15) is 0 Å². The van der Waals surface area contributed by atoms with Gasteiger partial charge in [0, 0.05) is 11.4 Å². The van der Waals surface area contributed by atoms with Crippen molar-refractivity contribution in [3.63, 3.8) is 0 Å². The monoisotopic (exact) mass is 238 g/mol. The van der Waals surface area contributed by atoms with Crippen LogP contribution in [0.4, 0.5) is 0 Å². The first kappa shape index (κ1) is 11.5. The summed E-state index contributed by atoms with van der Waals surface area (Å²) in [5, 5.41) is 9.44. The Morgan fingerprint density at radius 1 is 1.38 bits per heavy atom. The van der Waals surface area contributed by atoms with Crippen LogP contribution in [0.5, 0.6) is 0 Å². The van der Waals surface area contributed by atoms with Gasteiger partial charge in [0.15, 0.2) is 0 Å². The number of carboxylic acids is 1. The van der Waals surface area contributed by atoms with E-state index in [1.54, 1.807) is 0 Å². The van der Waals surface area contributed by atoms with Crippen molar-refractivity contribution in [2.75, 3.05) is 0 Å². The van der Waals surface area contributed by atoms with Crippen LogP contribution in [-0.2, 0) is 24.1 Å². The van der Waals surface area contributed by atoms with E-state index in [1.165, 1.54) is 23.1 Å². The smallest absolute Gasteiger partial charge is 0.303 e. The van der Waals surface area contributed by atoms with E-state index in [-0.39, 0.29) is 6.42 Å². The zero-order chi connectivity index (χ0) is 11.5. The maximum absolute atomic E-state index is 10.4. The van der Waals surface area contributed by atoms with Gasteiger partial charge in [-0.15, -0.1) is 0 Å². The summed E-state index contributed by atoms with van der Waals surface area (Å²) in [6.45, 7) is 0. The fourth-order valence-corrected chi connectivity index (χ4v) is 2.66. The molecule has 1 aromatic rings. The molecule has 0 spiro atoms. The van der Waals surface area contributed by atoms with E-state index in [4.69, 9.17) is 16.7 Å². The molecule has 2 nitrogen and oxygen atoms in total. The Morgan fingerprint density at radius 2 is 2.19 bits per heavy atom. The van der Waals surface area contributed by atoms with Crippen LogP contribution in [0.1, 0.15) is 36.0 Å². The minimum absolute atomic E-state index is 0.231. The van der Waals surface area contributed by atoms with Crippen LogP contribution in [0, 0.1) is 0 Å². The van der Waals surface area contributed by atoms with E-state index in [2.05, 4.69) is 6.07 Å². The summed E-state index contributed by atoms with van der Waals surface area (Å²) in [6.07, 6.45) is 5.11. The second-order valence-corrected chi connectivity index (χ2v) is 4.72. The number of fused-ring (bicyclic) bond motifs is 1. The highest BCUT2D eigenvalue weighted by molar-refractivity contribution is 6.31. The minimum Gasteiger partial charge on any atom is -0.481 e. The third-order valence-electron chi connectivity index (χ3n) is 3.08. The van der Waals surface area contributed by atoms with Crippen molar-refractivity contribution >= 4 is 17.6 Å². The van der Waals surface area contributed by atoms with E-state index in [0.717, 1.165) is 24.3 Å². The Morgan fingerprint density at radius 3 is 2.94 bits per heavy atom. The van der Waals surface area contributed by atoms with Crippen LogP contribution in [0.2, 0.25) is 5.02 Å². The van der Waals surface area contributed by atoms with Gasteiger partial charge in [0.05, 0.1) is 0 Å². The molecule has 2 rings (SSSR count). The molecule has 0 saturated carbocycles. The number of hydrogen-bond acceptors (Lipinski definition) is 1. The lowest BCUT2D eigenvalue weighted by atomic mass is 10.0. The van der Waals surface area contributed by atoms with Crippen LogP contribution in [0.25, 0.3) is 0 Å². The molecular weight excluding hydrogens is 224 g/mol. The molecule has 1 aliphatic carbocycles. The molecule has 0 saturated heterocycles. The summed E-state index contributed by atoms with van der Waals surface area (Å²) in [4.78, 5) is 10.4. The van der Waals surface area contributed by atoms with E-state index in [1.807, 2.05) is 6.07 Å². The zero-order valence-corrected chi connectivity index (χ0v) is 9.89. The summed E-state index contributed by atoms with van der Waals surface area (Å²) >= 11 is 6.20. The molecule has 1 aliphatic rings. The van der Waals surface area contributed by atoms with E-state index in [0.29, 0.717) is 6.42 Å². The molecule has 0 unspecified atom stereocenters. The van der Waals surface area contributed by atoms with Crippen molar-refractivity contribution in [3.8, 4) is 0 Å². The highest BCUT2D eigenvalue weighted by atomic mass is 35.5. The second-order valence-electron chi connectivity index (χ2n) is 4.32. The van der Waals surface area contributed by atoms with Gasteiger partial charge in [0.25, 0.3) is 0 Å². The lowest BCUT2D eigenvalue weighted by Crippen LogP contribution is -1.97. The summed E-state index contributed by atoms with van der Waals surface area (Å²) in [5.41, 5.74) is 3.83. The molecule has 16 heavy (non-hydrogen) atoms. The first-order chi connectivity index (χ1) is 7.66. The number of carboxylic acid groups (broad SMARTS) is 1. The molecule has 0 amide bonds. The SMILES string of the molecule is O=C(O)CCCc1cc(Cl)c2c(c1)CCC2. The average Bonchev–Trinajstić information content (AvgIpc) is 2.65. The maximum atomic E-state index is 10.4. The van der Waals surface area contributed by atoms with Crippen molar-refractivity contribution in [2.45, 2.75) is 38.5 Å². The summed E-state index contributed by atoms with van der Waals surface area (Å²) < 4.78 is 0. The molecule has 0 radical (unpaired) electrons. The molecule has 0 aromatic heterocycles. The maximum Gasteiger partial charge on any atom is 0.303 e. The number of aryl methyl sites for hydroxylation is 2. The van der Waals surface area contributed by atoms with Crippen LogP contribution in [0.15, 0.2) is 12.1 Å². The van der Waals surface area contributed by atoms with Gasteiger partial charge < -0.3 is 5.11 Å². The predicted molar refractivity (Wildman–Crippen MR) is 64.1 cm³/mol. The van der Waals surface area contributed by atoms with Crippen LogP contribution < -0.4 is 0 Å². The predicted octanol–water partition coefficient (Wildman–Crippen LogP) is 3.24. The fraction of sp³-hybridized carbons (Fsp3) is 0.462. The Labute approximate surface area is 100 Å². The largest absolute Gasteiger partial charge is 0.481 e. The summed E-state index contributed by atoms with van der Waals surface area (Å²) in [7, 11) is 0. The fourth-order valence-electron chi connectivity index (χ4n) is 2.30. The number of rotatable bonds is 4. The van der Waals surface area contributed by atoms with Gasteiger partial charge in [-0.3, -0.25) is 4.79 Å². The highest BCUT2D eigenvalue weighted by Crippen LogP contribution is 2.30. The van der Waals surface area contributed by atoms with E-state index >= 15 is 0 Å². The quantitative estimate of drug-likeness (QED) is 0.875. The first-order valence-corrected chi connectivity index (χ1v) is 6.06. The summed E-state index contributed by atoms with van der Waals surface area (Å²) in [6, 6.07) is 4.18. The van der Waals surface area contributed by atoms with Crippen molar-refractivity contribution < 1.29 is 9.90 Å². The number of carbonyl (C=O) groups is 1. The third kappa shape index (κ3) is 2.56. The number of hydrogen-bond donors (Lipinski definition) is 1. The minimum atomic E-state index is -0.729. The molecule has 0 atom stereocenters. The Hall–Kier alpha value is -1.02. The molecule has 1 aromatic carbocycles. The Bertz CT molecular complexity index is 413. The molecule has 0 fully saturated rings. The van der Waals surface area contributed by atoms with Crippen LogP contribution >= 0.6 is 11.6 Å². The Balaban J connectivity index is 2.05. The molecule has 3 heteroatoms.